The van der Waals surface area contributed by atoms with Crippen LogP contribution in [0, 0.1) is 5.95 Å². The summed E-state index contributed by atoms with van der Waals surface area (Å²) in [5.41, 5.74) is 4.39. The van der Waals surface area contributed by atoms with E-state index < -0.39 is 30.3 Å². The van der Waals surface area contributed by atoms with E-state index in [1.54, 1.807) is 6.92 Å². The minimum absolute atomic E-state index is 0.0585. The zero-order chi connectivity index (χ0) is 13.7. The van der Waals surface area contributed by atoms with Crippen LogP contribution in [-0.2, 0) is 22.5 Å². The molecule has 0 aliphatic carbocycles. The fourth-order valence-electron chi connectivity index (χ4n) is 1.55. The van der Waals surface area contributed by atoms with Gasteiger partial charge in [-0.25, -0.2) is 13.8 Å². The molecule has 1 aromatic rings. The van der Waals surface area contributed by atoms with Crippen LogP contribution in [0.1, 0.15) is 30.2 Å². The summed E-state index contributed by atoms with van der Waals surface area (Å²) in [4.78, 5) is 14.6. The molecule has 0 aliphatic heterocycles. The molecule has 0 aromatic carbocycles. The molecule has 0 radical (unpaired) electrons. The summed E-state index contributed by atoms with van der Waals surface area (Å²) in [6.07, 6.45) is -3.38. The number of nitrogens with two attached hydrogens (primary N) is 1. The van der Waals surface area contributed by atoms with Gasteiger partial charge in [-0.1, -0.05) is 0 Å². The molecule has 0 aliphatic rings. The Morgan fingerprint density at radius 2 is 2.22 bits per heavy atom. The van der Waals surface area contributed by atoms with Gasteiger partial charge in [0.15, 0.2) is 0 Å². The molecule has 0 bridgehead atoms. The molecule has 18 heavy (non-hydrogen) atoms. The number of nitrogens with zero attached hydrogens (tertiary/aromatic N) is 1. The highest BCUT2D eigenvalue weighted by atomic mass is 19.3. The second-order valence-corrected chi connectivity index (χ2v) is 3.45. The van der Waals surface area contributed by atoms with Crippen molar-refractivity contribution in [1.29, 1.82) is 0 Å². The number of esters is 1. The Kier molecular flexibility index (Phi) is 5.08. The van der Waals surface area contributed by atoms with Gasteiger partial charge in [-0.15, -0.1) is 0 Å². The van der Waals surface area contributed by atoms with Crippen molar-refractivity contribution in [3.8, 4) is 0 Å². The van der Waals surface area contributed by atoms with Crippen LogP contribution in [-0.4, -0.2) is 17.6 Å². The number of aromatic nitrogens is 1. The topological polar surface area (TPSA) is 65.2 Å². The zero-order valence-electron chi connectivity index (χ0n) is 9.75. The number of hydrogen-bond donors (Lipinski definition) is 1. The van der Waals surface area contributed by atoms with Gasteiger partial charge >= 0.3 is 5.97 Å². The first-order chi connectivity index (χ1) is 8.49. The quantitative estimate of drug-likeness (QED) is 0.648. The normalized spacial score (nSPS) is 10.8. The van der Waals surface area contributed by atoms with Crippen molar-refractivity contribution in [2.45, 2.75) is 26.3 Å². The summed E-state index contributed by atoms with van der Waals surface area (Å²) in [5.74, 6) is -1.68. The highest BCUT2D eigenvalue weighted by Crippen LogP contribution is 2.26. The Morgan fingerprint density at radius 1 is 1.56 bits per heavy atom. The van der Waals surface area contributed by atoms with E-state index >= 15 is 0 Å². The second kappa shape index (κ2) is 6.34. The van der Waals surface area contributed by atoms with Crippen LogP contribution in [0.15, 0.2) is 6.07 Å². The van der Waals surface area contributed by atoms with E-state index in [0.29, 0.717) is 0 Å². The summed E-state index contributed by atoms with van der Waals surface area (Å²) in [7, 11) is 0. The molecule has 0 fully saturated rings. The molecule has 1 heterocycles. The lowest BCUT2D eigenvalue weighted by molar-refractivity contribution is -0.142. The van der Waals surface area contributed by atoms with Gasteiger partial charge in [0.05, 0.1) is 18.7 Å². The van der Waals surface area contributed by atoms with Gasteiger partial charge in [0, 0.05) is 12.1 Å². The lowest BCUT2D eigenvalue weighted by atomic mass is 10.0. The van der Waals surface area contributed by atoms with E-state index in [1.807, 2.05) is 0 Å². The predicted molar refractivity (Wildman–Crippen MR) is 57.4 cm³/mol. The molecule has 2 N–H and O–H groups in total. The number of alkyl halides is 2. The summed E-state index contributed by atoms with van der Waals surface area (Å²) >= 11 is 0. The maximum absolute atomic E-state index is 13.1. The minimum Gasteiger partial charge on any atom is -0.466 e. The molecule has 0 atom stereocenters. The molecule has 0 saturated heterocycles. The molecular formula is C11H13F3N2O2. The van der Waals surface area contributed by atoms with E-state index in [4.69, 9.17) is 5.73 Å². The number of carbonyl (C=O) groups is 1. The van der Waals surface area contributed by atoms with Gasteiger partial charge < -0.3 is 10.5 Å². The molecule has 1 aromatic heterocycles. The number of carbonyl (C=O) groups excluding carboxylic acids is 1. The van der Waals surface area contributed by atoms with Gasteiger partial charge in [0.25, 0.3) is 6.43 Å². The third kappa shape index (κ3) is 3.43. The first-order valence-electron chi connectivity index (χ1n) is 5.31. The molecule has 7 heteroatoms. The monoisotopic (exact) mass is 262 g/mol. The van der Waals surface area contributed by atoms with E-state index in [-0.39, 0.29) is 24.4 Å². The zero-order valence-corrected chi connectivity index (χ0v) is 9.75. The Morgan fingerprint density at radius 3 is 2.72 bits per heavy atom. The summed E-state index contributed by atoms with van der Waals surface area (Å²) in [6, 6.07) is 0.843. The Bertz CT molecular complexity index is 439. The second-order valence-electron chi connectivity index (χ2n) is 3.45. The third-order valence-electron chi connectivity index (χ3n) is 2.25. The molecule has 1 rings (SSSR count). The van der Waals surface area contributed by atoms with Crippen LogP contribution in [0.4, 0.5) is 13.2 Å². The van der Waals surface area contributed by atoms with Crippen molar-refractivity contribution in [3.63, 3.8) is 0 Å². The van der Waals surface area contributed by atoms with Gasteiger partial charge in [0.2, 0.25) is 5.95 Å². The van der Waals surface area contributed by atoms with Crippen LogP contribution in [0.5, 0.6) is 0 Å². The number of rotatable bonds is 5. The van der Waals surface area contributed by atoms with Crippen LogP contribution < -0.4 is 5.73 Å². The molecule has 0 unspecified atom stereocenters. The molecule has 100 valence electrons. The van der Waals surface area contributed by atoms with Crippen LogP contribution >= 0.6 is 0 Å². The van der Waals surface area contributed by atoms with Crippen molar-refractivity contribution in [2.75, 3.05) is 6.61 Å². The first-order valence-corrected chi connectivity index (χ1v) is 5.31. The molecule has 4 nitrogen and oxygen atoms in total. The smallest absolute Gasteiger partial charge is 0.311 e. The lowest BCUT2D eigenvalue weighted by Gasteiger charge is -2.12. The number of halogens is 3. The van der Waals surface area contributed by atoms with Crippen molar-refractivity contribution in [2.24, 2.45) is 5.73 Å². The van der Waals surface area contributed by atoms with Gasteiger partial charge in [-0.2, -0.15) is 4.39 Å². The molecule has 0 saturated carbocycles. The van der Waals surface area contributed by atoms with E-state index in [9.17, 15) is 18.0 Å². The number of hydrogen-bond acceptors (Lipinski definition) is 4. The van der Waals surface area contributed by atoms with Gasteiger partial charge in [-0.3, -0.25) is 4.79 Å². The SMILES string of the molecule is CCOC(=O)Cc1nc(F)cc(CN)c1C(F)F. The maximum Gasteiger partial charge on any atom is 0.311 e. The van der Waals surface area contributed by atoms with Crippen molar-refractivity contribution in [3.05, 3.63) is 28.8 Å². The Labute approximate surface area is 102 Å². The highest BCUT2D eigenvalue weighted by Gasteiger charge is 2.22. The largest absolute Gasteiger partial charge is 0.466 e. The Hall–Kier alpha value is -1.63. The van der Waals surface area contributed by atoms with Gasteiger partial charge in [0.1, 0.15) is 0 Å². The summed E-state index contributed by atoms with van der Waals surface area (Å²) < 4.78 is 43.5. The average Bonchev–Trinajstić information content (AvgIpc) is 2.27. The highest BCUT2D eigenvalue weighted by molar-refractivity contribution is 5.72. The number of pyridine rings is 1. The van der Waals surface area contributed by atoms with Crippen molar-refractivity contribution in [1.82, 2.24) is 4.98 Å². The fraction of sp³-hybridized carbons (Fsp3) is 0.455. The van der Waals surface area contributed by atoms with E-state index in [2.05, 4.69) is 9.72 Å². The van der Waals surface area contributed by atoms with Crippen molar-refractivity contribution < 1.29 is 22.7 Å². The maximum atomic E-state index is 13.1. The molecular weight excluding hydrogens is 249 g/mol. The van der Waals surface area contributed by atoms with Gasteiger partial charge in [-0.05, 0) is 18.6 Å². The predicted octanol–water partition coefficient (Wildman–Crippen LogP) is 1.72. The lowest BCUT2D eigenvalue weighted by Crippen LogP contribution is -2.15. The van der Waals surface area contributed by atoms with Crippen LogP contribution in [0.25, 0.3) is 0 Å². The molecule has 0 spiro atoms. The van der Waals surface area contributed by atoms with Crippen LogP contribution in [0.3, 0.4) is 0 Å². The number of ether oxygens (including phenoxy) is 1. The summed E-state index contributed by atoms with van der Waals surface area (Å²) in [5, 5.41) is 0. The standard InChI is InChI=1S/C11H13F3N2O2/c1-2-18-9(17)4-7-10(11(13)14)6(5-15)3-8(12)16-7/h3,11H,2,4-5,15H2,1H3. The minimum atomic E-state index is -2.87. The fourth-order valence-corrected chi connectivity index (χ4v) is 1.55. The molecule has 0 amide bonds. The van der Waals surface area contributed by atoms with E-state index in [1.165, 1.54) is 0 Å². The van der Waals surface area contributed by atoms with Crippen LogP contribution in [0.2, 0.25) is 0 Å². The summed E-state index contributed by atoms with van der Waals surface area (Å²) in [6.45, 7) is 1.44. The Balaban J connectivity index is 3.15. The van der Waals surface area contributed by atoms with Crippen molar-refractivity contribution >= 4 is 5.97 Å². The average molecular weight is 262 g/mol. The first kappa shape index (κ1) is 14.4. The third-order valence-corrected chi connectivity index (χ3v) is 2.25. The van der Waals surface area contributed by atoms with E-state index in [0.717, 1.165) is 6.07 Å².